The zero-order chi connectivity index (χ0) is 17.2. The number of nitrogens with one attached hydrogen (secondary N) is 1. The number of nitrogens with zero attached hydrogens (tertiary/aromatic N) is 1. The molecule has 7 heteroatoms. The lowest BCUT2D eigenvalue weighted by Gasteiger charge is -2.04. The first kappa shape index (κ1) is 15.1. The van der Waals surface area contributed by atoms with Gasteiger partial charge >= 0.3 is 0 Å². The van der Waals surface area contributed by atoms with Crippen LogP contribution < -0.4 is 20.5 Å². The zero-order valence-electron chi connectivity index (χ0n) is 13.2. The monoisotopic (exact) mass is 337 g/mol. The summed E-state index contributed by atoms with van der Waals surface area (Å²) in [7, 11) is 0. The summed E-state index contributed by atoms with van der Waals surface area (Å²) in [6.45, 7) is 0.567. The third-order valence-corrected chi connectivity index (χ3v) is 3.78. The third kappa shape index (κ3) is 3.12. The summed E-state index contributed by atoms with van der Waals surface area (Å²) in [4.78, 5) is 16.5. The van der Waals surface area contributed by atoms with Gasteiger partial charge in [0.25, 0.3) is 5.91 Å². The lowest BCUT2D eigenvalue weighted by Crippen LogP contribution is -2.23. The highest BCUT2D eigenvalue weighted by atomic mass is 16.7. The van der Waals surface area contributed by atoms with Gasteiger partial charge in [0, 0.05) is 17.8 Å². The van der Waals surface area contributed by atoms with Crippen LogP contribution in [0.5, 0.6) is 11.5 Å². The van der Waals surface area contributed by atoms with Crippen LogP contribution in [0, 0.1) is 0 Å². The van der Waals surface area contributed by atoms with Gasteiger partial charge < -0.3 is 24.9 Å². The number of hydrogen-bond donors (Lipinski definition) is 2. The van der Waals surface area contributed by atoms with E-state index in [0.717, 1.165) is 11.1 Å². The number of fused-ring (bicyclic) bond motifs is 1. The van der Waals surface area contributed by atoms with Crippen molar-refractivity contribution in [3.8, 4) is 23.0 Å². The Morgan fingerprint density at radius 3 is 2.76 bits per heavy atom. The van der Waals surface area contributed by atoms with Crippen LogP contribution in [0.1, 0.15) is 16.1 Å². The molecule has 1 aliphatic rings. The highest BCUT2D eigenvalue weighted by molar-refractivity contribution is 5.92. The van der Waals surface area contributed by atoms with Gasteiger partial charge in [-0.3, -0.25) is 4.79 Å². The molecule has 3 aromatic rings. The van der Waals surface area contributed by atoms with Crippen molar-refractivity contribution in [2.45, 2.75) is 6.54 Å². The van der Waals surface area contributed by atoms with Crippen LogP contribution in [-0.2, 0) is 6.54 Å². The lowest BCUT2D eigenvalue weighted by atomic mass is 10.2. The first-order chi connectivity index (χ1) is 12.2. The van der Waals surface area contributed by atoms with E-state index in [1.807, 2.05) is 18.2 Å². The second kappa shape index (κ2) is 6.20. The van der Waals surface area contributed by atoms with Crippen molar-refractivity contribution in [1.82, 2.24) is 10.3 Å². The Bertz CT molecular complexity index is 918. The highest BCUT2D eigenvalue weighted by Gasteiger charge is 2.15. The van der Waals surface area contributed by atoms with E-state index in [4.69, 9.17) is 19.6 Å². The number of rotatable bonds is 4. The van der Waals surface area contributed by atoms with Crippen LogP contribution in [0.3, 0.4) is 0 Å². The van der Waals surface area contributed by atoms with Crippen LogP contribution in [0.2, 0.25) is 0 Å². The Balaban J connectivity index is 1.42. The number of nitrogens with two attached hydrogens (primary N) is 1. The standard InChI is InChI=1S/C18H15N3O4/c19-13-4-2-12(3-5-13)18-21-14(9-23-18)17(22)20-8-11-1-6-15-16(7-11)25-10-24-15/h1-7,9H,8,10,19H2,(H,20,22). The van der Waals surface area contributed by atoms with E-state index in [1.54, 1.807) is 24.3 Å². The Morgan fingerprint density at radius 2 is 1.92 bits per heavy atom. The fourth-order valence-electron chi connectivity index (χ4n) is 2.46. The van der Waals surface area contributed by atoms with Crippen molar-refractivity contribution in [3.63, 3.8) is 0 Å². The van der Waals surface area contributed by atoms with Crippen LogP contribution in [0.4, 0.5) is 5.69 Å². The Kier molecular flexibility index (Phi) is 3.74. The van der Waals surface area contributed by atoms with Crippen molar-refractivity contribution >= 4 is 11.6 Å². The smallest absolute Gasteiger partial charge is 0.273 e. The summed E-state index contributed by atoms with van der Waals surface area (Å²) in [5, 5.41) is 2.80. The Hall–Kier alpha value is -3.48. The van der Waals surface area contributed by atoms with Gasteiger partial charge in [-0.1, -0.05) is 6.07 Å². The first-order valence-corrected chi connectivity index (χ1v) is 7.67. The maximum Gasteiger partial charge on any atom is 0.273 e. The number of carbonyl (C=O) groups is 1. The zero-order valence-corrected chi connectivity index (χ0v) is 13.2. The molecule has 1 amide bonds. The van der Waals surface area contributed by atoms with Crippen molar-refractivity contribution in [1.29, 1.82) is 0 Å². The molecule has 0 spiro atoms. The number of anilines is 1. The molecule has 3 N–H and O–H groups in total. The van der Waals surface area contributed by atoms with Crippen molar-refractivity contribution in [2.75, 3.05) is 12.5 Å². The molecule has 0 bridgehead atoms. The van der Waals surface area contributed by atoms with Gasteiger partial charge in [-0.15, -0.1) is 0 Å². The summed E-state index contributed by atoms with van der Waals surface area (Å²) in [6.07, 6.45) is 1.33. The van der Waals surface area contributed by atoms with Crippen LogP contribution in [0.25, 0.3) is 11.5 Å². The van der Waals surface area contributed by atoms with Crippen molar-refractivity contribution < 1.29 is 18.7 Å². The van der Waals surface area contributed by atoms with Crippen LogP contribution >= 0.6 is 0 Å². The number of hydrogen-bond acceptors (Lipinski definition) is 6. The summed E-state index contributed by atoms with van der Waals surface area (Å²) >= 11 is 0. The third-order valence-electron chi connectivity index (χ3n) is 3.78. The average molecular weight is 337 g/mol. The molecule has 0 atom stereocenters. The summed E-state index contributed by atoms with van der Waals surface area (Å²) < 4.78 is 16.0. The van der Waals surface area contributed by atoms with Gasteiger partial charge in [-0.05, 0) is 42.0 Å². The van der Waals surface area contributed by atoms with E-state index in [1.165, 1.54) is 6.26 Å². The van der Waals surface area contributed by atoms with E-state index in [2.05, 4.69) is 10.3 Å². The number of benzene rings is 2. The molecule has 126 valence electrons. The minimum absolute atomic E-state index is 0.215. The molecule has 0 saturated heterocycles. The Morgan fingerprint density at radius 1 is 1.12 bits per heavy atom. The van der Waals surface area contributed by atoms with Crippen LogP contribution in [0.15, 0.2) is 53.1 Å². The first-order valence-electron chi connectivity index (χ1n) is 7.67. The van der Waals surface area contributed by atoms with E-state index < -0.39 is 0 Å². The van der Waals surface area contributed by atoms with E-state index >= 15 is 0 Å². The molecule has 0 aliphatic carbocycles. The average Bonchev–Trinajstić information content (AvgIpc) is 3.29. The number of carbonyl (C=O) groups excluding carboxylic acids is 1. The second-order valence-electron chi connectivity index (χ2n) is 5.53. The molecule has 1 aromatic heterocycles. The molecule has 2 heterocycles. The van der Waals surface area contributed by atoms with E-state index in [-0.39, 0.29) is 18.4 Å². The Labute approximate surface area is 143 Å². The minimum atomic E-state index is -0.317. The number of oxazole rings is 1. The van der Waals surface area contributed by atoms with Crippen LogP contribution in [-0.4, -0.2) is 17.7 Å². The van der Waals surface area contributed by atoms with Gasteiger partial charge in [0.05, 0.1) is 0 Å². The maximum atomic E-state index is 12.2. The molecule has 4 rings (SSSR count). The molecular formula is C18H15N3O4. The molecule has 0 radical (unpaired) electrons. The summed E-state index contributed by atoms with van der Waals surface area (Å²) in [5.41, 5.74) is 8.18. The summed E-state index contributed by atoms with van der Waals surface area (Å²) in [6, 6.07) is 12.6. The molecule has 2 aromatic carbocycles. The lowest BCUT2D eigenvalue weighted by molar-refractivity contribution is 0.0946. The fourth-order valence-corrected chi connectivity index (χ4v) is 2.46. The molecule has 1 aliphatic heterocycles. The minimum Gasteiger partial charge on any atom is -0.454 e. The highest BCUT2D eigenvalue weighted by Crippen LogP contribution is 2.32. The predicted octanol–water partition coefficient (Wildman–Crippen LogP) is 2.58. The topological polar surface area (TPSA) is 99.6 Å². The van der Waals surface area contributed by atoms with E-state index in [0.29, 0.717) is 29.6 Å². The van der Waals surface area contributed by atoms with Gasteiger partial charge in [-0.2, -0.15) is 0 Å². The number of amides is 1. The van der Waals surface area contributed by atoms with Gasteiger partial charge in [0.1, 0.15) is 6.26 Å². The quantitative estimate of drug-likeness (QED) is 0.710. The van der Waals surface area contributed by atoms with Gasteiger partial charge in [0.2, 0.25) is 12.7 Å². The SMILES string of the molecule is Nc1ccc(-c2nc(C(=O)NCc3ccc4c(c3)OCO4)co2)cc1. The van der Waals surface area contributed by atoms with Crippen molar-refractivity contribution in [3.05, 3.63) is 60.0 Å². The second-order valence-corrected chi connectivity index (χ2v) is 5.53. The normalized spacial score (nSPS) is 12.2. The van der Waals surface area contributed by atoms with E-state index in [9.17, 15) is 4.79 Å². The molecule has 0 fully saturated rings. The maximum absolute atomic E-state index is 12.2. The number of nitrogen functional groups attached to an aromatic ring is 1. The predicted molar refractivity (Wildman–Crippen MR) is 90.1 cm³/mol. The largest absolute Gasteiger partial charge is 0.454 e. The van der Waals surface area contributed by atoms with Gasteiger partial charge in [-0.25, -0.2) is 4.98 Å². The molecule has 0 unspecified atom stereocenters. The summed E-state index contributed by atoms with van der Waals surface area (Å²) in [5.74, 6) is 1.44. The molecule has 25 heavy (non-hydrogen) atoms. The molecular weight excluding hydrogens is 322 g/mol. The molecule has 7 nitrogen and oxygen atoms in total. The van der Waals surface area contributed by atoms with Gasteiger partial charge in [0.15, 0.2) is 17.2 Å². The number of ether oxygens (including phenoxy) is 2. The number of aromatic nitrogens is 1. The fraction of sp³-hybridized carbons (Fsp3) is 0.111. The molecule has 0 saturated carbocycles. The van der Waals surface area contributed by atoms with Crippen molar-refractivity contribution in [2.24, 2.45) is 0 Å².